The molecule has 0 unspecified atom stereocenters. The quantitative estimate of drug-likeness (QED) is 0.404. The zero-order valence-electron chi connectivity index (χ0n) is 10.9. The zero-order chi connectivity index (χ0) is 14.0. The first-order valence-electron chi connectivity index (χ1n) is 6.83. The van der Waals surface area contributed by atoms with E-state index in [9.17, 15) is 10.2 Å². The van der Waals surface area contributed by atoms with Gasteiger partial charge in [0.2, 0.25) is 0 Å². The van der Waals surface area contributed by atoms with Gasteiger partial charge in [0.1, 0.15) is 18.3 Å². The summed E-state index contributed by atoms with van der Waals surface area (Å²) in [6.45, 7) is -0.401. The van der Waals surface area contributed by atoms with Crippen LogP contribution < -0.4 is 11.5 Å². The molecule has 0 aromatic rings. The second kappa shape index (κ2) is 6.45. The second-order valence-corrected chi connectivity index (χ2v) is 5.41. The van der Waals surface area contributed by atoms with Gasteiger partial charge in [-0.1, -0.05) is 12.8 Å². The third kappa shape index (κ3) is 3.25. The van der Waals surface area contributed by atoms with E-state index in [0.717, 1.165) is 25.7 Å². The minimum absolute atomic E-state index is 0.0684. The number of aliphatic hydroxyl groups excluding tert-OH is 3. The highest BCUT2D eigenvalue weighted by Gasteiger charge is 2.44. The summed E-state index contributed by atoms with van der Waals surface area (Å²) in [5.74, 6) is 0. The van der Waals surface area contributed by atoms with Crippen molar-refractivity contribution in [1.82, 2.24) is 0 Å². The normalized spacial score (nSPS) is 48.2. The van der Waals surface area contributed by atoms with Gasteiger partial charge in [-0.15, -0.1) is 0 Å². The predicted molar refractivity (Wildman–Crippen MR) is 67.1 cm³/mol. The molecule has 112 valence electrons. The van der Waals surface area contributed by atoms with Crippen molar-refractivity contribution in [3.63, 3.8) is 0 Å². The lowest BCUT2D eigenvalue weighted by atomic mass is 9.92. The lowest BCUT2D eigenvalue weighted by Crippen LogP contribution is -2.63. The number of aliphatic hydroxyl groups is 3. The van der Waals surface area contributed by atoms with Crippen LogP contribution in [0.5, 0.6) is 0 Å². The average molecular weight is 276 g/mol. The van der Waals surface area contributed by atoms with Crippen molar-refractivity contribution in [1.29, 1.82) is 0 Å². The fraction of sp³-hybridized carbons (Fsp3) is 1.00. The SMILES string of the molecule is N[C@H]1[C@H](O[C@@H]2CCCC[C@H]2N)O[C@H](CO)[C@@H](O)[C@@H]1O. The average Bonchev–Trinajstić information content (AvgIpc) is 2.41. The summed E-state index contributed by atoms with van der Waals surface area (Å²) in [6.07, 6.45) is -0.461. The molecule has 7 atom stereocenters. The van der Waals surface area contributed by atoms with Gasteiger partial charge in [-0.2, -0.15) is 0 Å². The van der Waals surface area contributed by atoms with Gasteiger partial charge >= 0.3 is 0 Å². The molecule has 0 bridgehead atoms. The molecule has 0 aromatic carbocycles. The summed E-state index contributed by atoms with van der Waals surface area (Å²) in [5.41, 5.74) is 11.8. The van der Waals surface area contributed by atoms with Crippen molar-refractivity contribution >= 4 is 0 Å². The molecule has 1 heterocycles. The Morgan fingerprint density at radius 2 is 1.79 bits per heavy atom. The molecule has 1 saturated carbocycles. The minimum Gasteiger partial charge on any atom is -0.394 e. The van der Waals surface area contributed by atoms with Gasteiger partial charge in [-0.25, -0.2) is 0 Å². The van der Waals surface area contributed by atoms with Crippen LogP contribution in [0.3, 0.4) is 0 Å². The molecule has 0 spiro atoms. The van der Waals surface area contributed by atoms with Gasteiger partial charge in [0.05, 0.1) is 18.8 Å². The summed E-state index contributed by atoms with van der Waals surface area (Å²) in [7, 11) is 0. The van der Waals surface area contributed by atoms with E-state index < -0.39 is 37.3 Å². The van der Waals surface area contributed by atoms with E-state index >= 15 is 0 Å². The van der Waals surface area contributed by atoms with E-state index in [2.05, 4.69) is 0 Å². The van der Waals surface area contributed by atoms with Gasteiger partial charge < -0.3 is 36.3 Å². The van der Waals surface area contributed by atoms with E-state index in [1.807, 2.05) is 0 Å². The molecule has 19 heavy (non-hydrogen) atoms. The first kappa shape index (κ1) is 15.1. The topological polar surface area (TPSA) is 131 Å². The molecule has 1 aliphatic heterocycles. The summed E-state index contributed by atoms with van der Waals surface area (Å²) < 4.78 is 11.2. The van der Waals surface area contributed by atoms with E-state index in [0.29, 0.717) is 0 Å². The van der Waals surface area contributed by atoms with Crippen LogP contribution in [0.25, 0.3) is 0 Å². The zero-order valence-corrected chi connectivity index (χ0v) is 10.9. The van der Waals surface area contributed by atoms with Gasteiger partial charge in [0.15, 0.2) is 6.29 Å². The van der Waals surface area contributed by atoms with E-state index in [1.165, 1.54) is 0 Å². The van der Waals surface area contributed by atoms with Crippen LogP contribution in [-0.4, -0.2) is 64.7 Å². The Labute approximate surface area is 112 Å². The van der Waals surface area contributed by atoms with Crippen LogP contribution in [0.2, 0.25) is 0 Å². The monoisotopic (exact) mass is 276 g/mol. The van der Waals surface area contributed by atoms with Gasteiger partial charge in [0.25, 0.3) is 0 Å². The Hall–Kier alpha value is -0.280. The van der Waals surface area contributed by atoms with Crippen LogP contribution >= 0.6 is 0 Å². The second-order valence-electron chi connectivity index (χ2n) is 5.41. The highest BCUT2D eigenvalue weighted by atomic mass is 16.7. The van der Waals surface area contributed by atoms with Gasteiger partial charge in [0, 0.05) is 6.04 Å². The number of rotatable bonds is 3. The van der Waals surface area contributed by atoms with Crippen molar-refractivity contribution < 1.29 is 24.8 Å². The van der Waals surface area contributed by atoms with Crippen molar-refractivity contribution in [3.05, 3.63) is 0 Å². The number of nitrogens with two attached hydrogens (primary N) is 2. The molecular formula is C12H24N2O5. The number of hydrogen-bond donors (Lipinski definition) is 5. The Morgan fingerprint density at radius 1 is 1.11 bits per heavy atom. The molecule has 2 aliphatic rings. The Morgan fingerprint density at radius 3 is 2.42 bits per heavy atom. The summed E-state index contributed by atoms with van der Waals surface area (Å²) in [6, 6.07) is -0.923. The molecule has 1 aliphatic carbocycles. The first-order chi connectivity index (χ1) is 9.04. The smallest absolute Gasteiger partial charge is 0.176 e. The van der Waals surface area contributed by atoms with Gasteiger partial charge in [-0.05, 0) is 12.8 Å². The lowest BCUT2D eigenvalue weighted by Gasteiger charge is -2.42. The van der Waals surface area contributed by atoms with Crippen LogP contribution in [0, 0.1) is 0 Å². The largest absolute Gasteiger partial charge is 0.394 e. The summed E-state index contributed by atoms with van der Waals surface area (Å²) >= 11 is 0. The maximum atomic E-state index is 9.84. The Balaban J connectivity index is 1.98. The van der Waals surface area contributed by atoms with Gasteiger partial charge in [-0.3, -0.25) is 0 Å². The Bertz CT molecular complexity index is 291. The third-order valence-electron chi connectivity index (χ3n) is 3.99. The van der Waals surface area contributed by atoms with E-state index in [-0.39, 0.29) is 12.1 Å². The van der Waals surface area contributed by atoms with Crippen LogP contribution in [-0.2, 0) is 9.47 Å². The molecule has 2 rings (SSSR count). The minimum atomic E-state index is -1.21. The van der Waals surface area contributed by atoms with Crippen molar-refractivity contribution in [2.45, 2.75) is 68.5 Å². The molecule has 7 nitrogen and oxygen atoms in total. The molecule has 7 N–H and O–H groups in total. The molecule has 0 radical (unpaired) electrons. The Kier molecular flexibility index (Phi) is 5.13. The van der Waals surface area contributed by atoms with Crippen molar-refractivity contribution in [2.24, 2.45) is 11.5 Å². The fourth-order valence-electron chi connectivity index (χ4n) is 2.69. The molecule has 0 amide bonds. The number of ether oxygens (including phenoxy) is 2. The standard InChI is InChI=1S/C12H24N2O5/c13-6-3-1-2-4-7(6)18-12-9(14)11(17)10(16)8(5-15)19-12/h6-12,15-17H,1-5,13-14H2/t6-,7-,8-,9-,10-,11-,12-/m1/s1. The number of hydrogen-bond acceptors (Lipinski definition) is 7. The third-order valence-corrected chi connectivity index (χ3v) is 3.99. The predicted octanol–water partition coefficient (Wildman–Crippen LogP) is -1.96. The fourth-order valence-corrected chi connectivity index (χ4v) is 2.69. The maximum Gasteiger partial charge on any atom is 0.176 e. The van der Waals surface area contributed by atoms with Crippen molar-refractivity contribution in [3.8, 4) is 0 Å². The van der Waals surface area contributed by atoms with E-state index in [1.54, 1.807) is 0 Å². The van der Waals surface area contributed by atoms with Crippen LogP contribution in [0.4, 0.5) is 0 Å². The lowest BCUT2D eigenvalue weighted by molar-refractivity contribution is -0.281. The molecule has 1 saturated heterocycles. The maximum absolute atomic E-state index is 9.84. The van der Waals surface area contributed by atoms with Crippen molar-refractivity contribution in [2.75, 3.05) is 6.61 Å². The highest BCUT2D eigenvalue weighted by Crippen LogP contribution is 2.26. The van der Waals surface area contributed by atoms with Crippen LogP contribution in [0.15, 0.2) is 0 Å². The summed E-state index contributed by atoms with van der Waals surface area (Å²) in [4.78, 5) is 0. The van der Waals surface area contributed by atoms with Crippen LogP contribution in [0.1, 0.15) is 25.7 Å². The molecular weight excluding hydrogens is 252 g/mol. The molecule has 2 fully saturated rings. The molecule has 0 aromatic heterocycles. The highest BCUT2D eigenvalue weighted by molar-refractivity contribution is 4.92. The van der Waals surface area contributed by atoms with E-state index in [4.69, 9.17) is 26.0 Å². The summed E-state index contributed by atoms with van der Waals surface area (Å²) in [5, 5.41) is 28.6. The first-order valence-corrected chi connectivity index (χ1v) is 6.83. The molecule has 7 heteroatoms.